The molecule has 2 aromatic rings. The fourth-order valence-corrected chi connectivity index (χ4v) is 2.23. The van der Waals surface area contributed by atoms with Crippen LogP contribution in [-0.2, 0) is 4.79 Å². The maximum Gasteiger partial charge on any atom is 0.262 e. The Kier molecular flexibility index (Phi) is 6.67. The van der Waals surface area contributed by atoms with Crippen molar-refractivity contribution in [1.82, 2.24) is 0 Å². The topological polar surface area (TPSA) is 47.6 Å². The van der Waals surface area contributed by atoms with E-state index in [0.717, 1.165) is 29.7 Å². The Balaban J connectivity index is 1.94. The van der Waals surface area contributed by atoms with Gasteiger partial charge in [-0.05, 0) is 49.6 Å². The van der Waals surface area contributed by atoms with Crippen molar-refractivity contribution in [3.05, 3.63) is 53.6 Å². The van der Waals surface area contributed by atoms with Gasteiger partial charge in [0.25, 0.3) is 5.91 Å². The van der Waals surface area contributed by atoms with Gasteiger partial charge in [-0.1, -0.05) is 37.6 Å². The molecule has 0 spiro atoms. The van der Waals surface area contributed by atoms with Gasteiger partial charge in [0.2, 0.25) is 0 Å². The number of benzene rings is 2. The van der Waals surface area contributed by atoms with Crippen LogP contribution >= 0.6 is 0 Å². The number of hydrogen-bond donors (Lipinski definition) is 1. The smallest absolute Gasteiger partial charge is 0.262 e. The van der Waals surface area contributed by atoms with Gasteiger partial charge in [0, 0.05) is 0 Å². The van der Waals surface area contributed by atoms with E-state index in [1.165, 1.54) is 0 Å². The van der Waals surface area contributed by atoms with Crippen LogP contribution in [0.3, 0.4) is 0 Å². The molecule has 0 fully saturated rings. The minimum Gasteiger partial charge on any atom is -0.491 e. The summed E-state index contributed by atoms with van der Waals surface area (Å²) in [5.41, 5.74) is 2.86. The summed E-state index contributed by atoms with van der Waals surface area (Å²) in [7, 11) is 0. The first-order valence-electron chi connectivity index (χ1n) is 8.32. The highest BCUT2D eigenvalue weighted by molar-refractivity contribution is 5.93. The summed E-state index contributed by atoms with van der Waals surface area (Å²) in [6.45, 7) is 6.73. The first-order chi connectivity index (χ1) is 11.6. The van der Waals surface area contributed by atoms with Crippen LogP contribution in [0, 0.1) is 13.8 Å². The molecule has 24 heavy (non-hydrogen) atoms. The molecule has 0 aliphatic carbocycles. The standard InChI is InChI=1S/C20H25NO3/c1-4-5-13-23-19-11-7-6-10-17(19)21-20(22)14-24-18-12-8-9-15(2)16(18)3/h6-12H,4-5,13-14H2,1-3H3,(H,21,22). The van der Waals surface area contributed by atoms with E-state index in [1.54, 1.807) is 0 Å². The van der Waals surface area contributed by atoms with Gasteiger partial charge in [0.1, 0.15) is 11.5 Å². The largest absolute Gasteiger partial charge is 0.491 e. The summed E-state index contributed by atoms with van der Waals surface area (Å²) in [6, 6.07) is 13.3. The number of nitrogens with one attached hydrogen (secondary N) is 1. The summed E-state index contributed by atoms with van der Waals surface area (Å²) in [6.07, 6.45) is 2.05. The number of ether oxygens (including phenoxy) is 2. The lowest BCUT2D eigenvalue weighted by molar-refractivity contribution is -0.118. The molecular formula is C20H25NO3. The number of hydrogen-bond acceptors (Lipinski definition) is 3. The third-order valence-corrected chi connectivity index (χ3v) is 3.83. The van der Waals surface area contributed by atoms with Crippen molar-refractivity contribution >= 4 is 11.6 Å². The zero-order valence-corrected chi connectivity index (χ0v) is 14.6. The number of rotatable bonds is 8. The number of unbranched alkanes of at least 4 members (excludes halogenated alkanes) is 1. The molecule has 4 nitrogen and oxygen atoms in total. The summed E-state index contributed by atoms with van der Waals surface area (Å²) in [4.78, 5) is 12.2. The van der Waals surface area contributed by atoms with Crippen LogP contribution in [0.4, 0.5) is 5.69 Å². The molecule has 0 saturated heterocycles. The first-order valence-corrected chi connectivity index (χ1v) is 8.32. The minimum absolute atomic E-state index is 0.0341. The number of carbonyl (C=O) groups is 1. The Bertz CT molecular complexity index is 682. The van der Waals surface area contributed by atoms with E-state index in [-0.39, 0.29) is 12.5 Å². The van der Waals surface area contributed by atoms with Crippen molar-refractivity contribution in [2.24, 2.45) is 0 Å². The van der Waals surface area contributed by atoms with Gasteiger partial charge >= 0.3 is 0 Å². The van der Waals surface area contributed by atoms with E-state index >= 15 is 0 Å². The highest BCUT2D eigenvalue weighted by atomic mass is 16.5. The molecule has 0 saturated carbocycles. The molecule has 1 amide bonds. The average molecular weight is 327 g/mol. The van der Waals surface area contributed by atoms with Crippen LogP contribution in [0.15, 0.2) is 42.5 Å². The van der Waals surface area contributed by atoms with Crippen LogP contribution in [0.5, 0.6) is 11.5 Å². The van der Waals surface area contributed by atoms with Crippen LogP contribution < -0.4 is 14.8 Å². The zero-order chi connectivity index (χ0) is 17.4. The highest BCUT2D eigenvalue weighted by Gasteiger charge is 2.09. The van der Waals surface area contributed by atoms with Gasteiger partial charge < -0.3 is 14.8 Å². The summed E-state index contributed by atoms with van der Waals surface area (Å²) < 4.78 is 11.4. The third kappa shape index (κ3) is 5.01. The Labute approximate surface area is 143 Å². The molecule has 0 aliphatic heterocycles. The summed E-state index contributed by atoms with van der Waals surface area (Å²) in [5, 5.41) is 2.85. The molecule has 4 heteroatoms. The summed E-state index contributed by atoms with van der Waals surface area (Å²) >= 11 is 0. The van der Waals surface area contributed by atoms with Gasteiger partial charge in [0.15, 0.2) is 6.61 Å². The highest BCUT2D eigenvalue weighted by Crippen LogP contribution is 2.24. The Morgan fingerprint density at radius 2 is 1.75 bits per heavy atom. The van der Waals surface area contributed by atoms with Crippen LogP contribution in [0.2, 0.25) is 0 Å². The van der Waals surface area contributed by atoms with E-state index in [0.29, 0.717) is 18.0 Å². The molecule has 0 heterocycles. The van der Waals surface area contributed by atoms with E-state index in [1.807, 2.05) is 56.3 Å². The van der Waals surface area contributed by atoms with Crippen molar-refractivity contribution < 1.29 is 14.3 Å². The van der Waals surface area contributed by atoms with Crippen LogP contribution in [0.1, 0.15) is 30.9 Å². The van der Waals surface area contributed by atoms with Gasteiger partial charge in [-0.3, -0.25) is 4.79 Å². The molecule has 0 aliphatic rings. The second-order valence-corrected chi connectivity index (χ2v) is 5.73. The third-order valence-electron chi connectivity index (χ3n) is 3.83. The quantitative estimate of drug-likeness (QED) is 0.726. The lowest BCUT2D eigenvalue weighted by Crippen LogP contribution is -2.21. The molecule has 1 N–H and O–H groups in total. The van der Waals surface area contributed by atoms with Gasteiger partial charge in [0.05, 0.1) is 12.3 Å². The second-order valence-electron chi connectivity index (χ2n) is 5.73. The monoisotopic (exact) mass is 327 g/mol. The number of amides is 1. The number of aryl methyl sites for hydroxylation is 1. The van der Waals surface area contributed by atoms with Crippen molar-refractivity contribution in [3.8, 4) is 11.5 Å². The van der Waals surface area contributed by atoms with Gasteiger partial charge in [-0.25, -0.2) is 0 Å². The van der Waals surface area contributed by atoms with Crippen molar-refractivity contribution in [3.63, 3.8) is 0 Å². The molecule has 2 aromatic carbocycles. The van der Waals surface area contributed by atoms with E-state index in [9.17, 15) is 4.79 Å². The molecule has 0 unspecified atom stereocenters. The minimum atomic E-state index is -0.206. The molecule has 0 radical (unpaired) electrons. The number of carbonyl (C=O) groups excluding carboxylic acids is 1. The second kappa shape index (κ2) is 8.96. The normalized spacial score (nSPS) is 10.3. The lowest BCUT2D eigenvalue weighted by atomic mass is 10.1. The predicted octanol–water partition coefficient (Wildman–Crippen LogP) is 4.50. The van der Waals surface area contributed by atoms with Crippen LogP contribution in [0.25, 0.3) is 0 Å². The zero-order valence-electron chi connectivity index (χ0n) is 14.6. The van der Waals surface area contributed by atoms with Gasteiger partial charge in [-0.15, -0.1) is 0 Å². The average Bonchev–Trinajstić information content (AvgIpc) is 2.58. The Morgan fingerprint density at radius 1 is 1.00 bits per heavy atom. The summed E-state index contributed by atoms with van der Waals surface area (Å²) in [5.74, 6) is 1.21. The predicted molar refractivity (Wildman–Crippen MR) is 96.9 cm³/mol. The molecule has 0 bridgehead atoms. The molecule has 128 valence electrons. The fraction of sp³-hybridized carbons (Fsp3) is 0.350. The lowest BCUT2D eigenvalue weighted by Gasteiger charge is -2.13. The SMILES string of the molecule is CCCCOc1ccccc1NC(=O)COc1cccc(C)c1C. The van der Waals surface area contributed by atoms with Crippen molar-refractivity contribution in [2.45, 2.75) is 33.6 Å². The number of anilines is 1. The maximum absolute atomic E-state index is 12.2. The maximum atomic E-state index is 12.2. The van der Waals surface area contributed by atoms with E-state index in [4.69, 9.17) is 9.47 Å². The fourth-order valence-electron chi connectivity index (χ4n) is 2.23. The van der Waals surface area contributed by atoms with E-state index < -0.39 is 0 Å². The van der Waals surface area contributed by atoms with Crippen molar-refractivity contribution in [1.29, 1.82) is 0 Å². The molecular weight excluding hydrogens is 302 g/mol. The van der Waals surface area contributed by atoms with Gasteiger partial charge in [-0.2, -0.15) is 0 Å². The Morgan fingerprint density at radius 3 is 2.54 bits per heavy atom. The van der Waals surface area contributed by atoms with Crippen molar-refractivity contribution in [2.75, 3.05) is 18.5 Å². The van der Waals surface area contributed by atoms with Crippen LogP contribution in [-0.4, -0.2) is 19.1 Å². The van der Waals surface area contributed by atoms with E-state index in [2.05, 4.69) is 12.2 Å². The molecule has 0 atom stereocenters. The molecule has 0 aromatic heterocycles. The molecule has 2 rings (SSSR count). The number of para-hydroxylation sites is 2. The Hall–Kier alpha value is -2.49. The first kappa shape index (κ1) is 17.9.